The Hall–Kier alpha value is -0.960. The molecule has 2 heterocycles. The van der Waals surface area contributed by atoms with Crippen LogP contribution in [-0.4, -0.2) is 73.9 Å². The van der Waals surface area contributed by atoms with E-state index in [1.165, 1.54) is 0 Å². The number of anilines is 1. The molecule has 2 aliphatic heterocycles. The van der Waals surface area contributed by atoms with Gasteiger partial charge in [-0.2, -0.15) is 0 Å². The standard InChI is InChI=1S/C17H24BrN3O3S/c1-13(17(22)19-15-4-2-3-14(18)11-15)20-6-8-21(9-7-20)16-5-10-25(23,24)12-16/h2-4,11,13,16H,5-10,12H2,1H3,(H,19,22). The van der Waals surface area contributed by atoms with E-state index in [-0.39, 0.29) is 23.7 Å². The highest BCUT2D eigenvalue weighted by atomic mass is 79.9. The molecule has 2 aliphatic rings. The molecule has 1 aromatic carbocycles. The van der Waals surface area contributed by atoms with Crippen LogP contribution in [0, 0.1) is 0 Å². The van der Waals surface area contributed by atoms with E-state index in [2.05, 4.69) is 31.0 Å². The topological polar surface area (TPSA) is 69.7 Å². The molecule has 2 atom stereocenters. The molecule has 0 saturated carbocycles. The highest BCUT2D eigenvalue weighted by Gasteiger charge is 2.35. The summed E-state index contributed by atoms with van der Waals surface area (Å²) in [6, 6.07) is 7.49. The summed E-state index contributed by atoms with van der Waals surface area (Å²) in [6.45, 7) is 5.11. The third-order valence-electron chi connectivity index (χ3n) is 5.09. The van der Waals surface area contributed by atoms with E-state index >= 15 is 0 Å². The number of hydrogen-bond donors (Lipinski definition) is 1. The van der Waals surface area contributed by atoms with Gasteiger partial charge in [0.15, 0.2) is 9.84 Å². The van der Waals surface area contributed by atoms with Crippen LogP contribution < -0.4 is 5.32 Å². The second-order valence-electron chi connectivity index (χ2n) is 6.80. The predicted molar refractivity (Wildman–Crippen MR) is 102 cm³/mol. The number of benzene rings is 1. The fourth-order valence-corrected chi connectivity index (χ4v) is 5.69. The Morgan fingerprint density at radius 3 is 2.60 bits per heavy atom. The van der Waals surface area contributed by atoms with Crippen LogP contribution in [0.25, 0.3) is 0 Å². The Labute approximate surface area is 157 Å². The number of halogens is 1. The zero-order valence-electron chi connectivity index (χ0n) is 14.3. The van der Waals surface area contributed by atoms with Crippen molar-refractivity contribution in [2.75, 3.05) is 43.0 Å². The molecule has 0 aromatic heterocycles. The van der Waals surface area contributed by atoms with Gasteiger partial charge in [0, 0.05) is 42.4 Å². The summed E-state index contributed by atoms with van der Waals surface area (Å²) in [5.74, 6) is 0.574. The third kappa shape index (κ3) is 4.81. The minimum atomic E-state index is -2.85. The summed E-state index contributed by atoms with van der Waals surface area (Å²) in [5, 5.41) is 2.95. The minimum absolute atomic E-state index is 0.0185. The monoisotopic (exact) mass is 429 g/mol. The van der Waals surface area contributed by atoms with Crippen molar-refractivity contribution >= 4 is 37.4 Å². The highest BCUT2D eigenvalue weighted by molar-refractivity contribution is 9.10. The highest BCUT2D eigenvalue weighted by Crippen LogP contribution is 2.20. The van der Waals surface area contributed by atoms with Gasteiger partial charge in [-0.25, -0.2) is 8.42 Å². The second-order valence-corrected chi connectivity index (χ2v) is 9.95. The maximum atomic E-state index is 12.5. The van der Waals surface area contributed by atoms with E-state index < -0.39 is 9.84 Å². The molecular weight excluding hydrogens is 406 g/mol. The molecule has 138 valence electrons. The summed E-state index contributed by atoms with van der Waals surface area (Å²) in [6.07, 6.45) is 0.737. The van der Waals surface area contributed by atoms with E-state index in [1.807, 2.05) is 31.2 Å². The molecular formula is C17H24BrN3O3S. The Balaban J connectivity index is 1.51. The molecule has 1 N–H and O–H groups in total. The molecule has 25 heavy (non-hydrogen) atoms. The van der Waals surface area contributed by atoms with Gasteiger partial charge in [0.1, 0.15) is 0 Å². The van der Waals surface area contributed by atoms with Crippen molar-refractivity contribution in [3.05, 3.63) is 28.7 Å². The Morgan fingerprint density at radius 1 is 1.28 bits per heavy atom. The fraction of sp³-hybridized carbons (Fsp3) is 0.588. The molecule has 2 unspecified atom stereocenters. The molecule has 8 heteroatoms. The zero-order valence-corrected chi connectivity index (χ0v) is 16.7. The largest absolute Gasteiger partial charge is 0.325 e. The summed E-state index contributed by atoms with van der Waals surface area (Å²) >= 11 is 3.40. The first-order valence-electron chi connectivity index (χ1n) is 8.59. The van der Waals surface area contributed by atoms with Crippen LogP contribution in [0.2, 0.25) is 0 Å². The molecule has 2 saturated heterocycles. The lowest BCUT2D eigenvalue weighted by atomic mass is 10.1. The summed E-state index contributed by atoms with van der Waals surface area (Å²) in [4.78, 5) is 16.9. The van der Waals surface area contributed by atoms with Crippen LogP contribution in [0.5, 0.6) is 0 Å². The van der Waals surface area contributed by atoms with Gasteiger partial charge in [-0.3, -0.25) is 14.6 Å². The van der Waals surface area contributed by atoms with Gasteiger partial charge in [-0.05, 0) is 31.5 Å². The van der Waals surface area contributed by atoms with Gasteiger partial charge >= 0.3 is 0 Å². The van der Waals surface area contributed by atoms with E-state index in [4.69, 9.17) is 0 Å². The van der Waals surface area contributed by atoms with Crippen LogP contribution in [0.15, 0.2) is 28.7 Å². The van der Waals surface area contributed by atoms with E-state index in [0.717, 1.165) is 42.8 Å². The van der Waals surface area contributed by atoms with Crippen LogP contribution in [0.3, 0.4) is 0 Å². The average molecular weight is 430 g/mol. The predicted octanol–water partition coefficient (Wildman–Crippen LogP) is 1.58. The number of hydrogen-bond acceptors (Lipinski definition) is 5. The van der Waals surface area contributed by atoms with Gasteiger partial charge in [-0.1, -0.05) is 22.0 Å². The van der Waals surface area contributed by atoms with Gasteiger partial charge in [0.25, 0.3) is 0 Å². The summed E-state index contributed by atoms with van der Waals surface area (Å²) in [7, 11) is -2.85. The number of piperazine rings is 1. The maximum Gasteiger partial charge on any atom is 0.241 e. The van der Waals surface area contributed by atoms with E-state index in [9.17, 15) is 13.2 Å². The quantitative estimate of drug-likeness (QED) is 0.786. The lowest BCUT2D eigenvalue weighted by Crippen LogP contribution is -2.55. The minimum Gasteiger partial charge on any atom is -0.325 e. The van der Waals surface area contributed by atoms with Gasteiger partial charge in [0.2, 0.25) is 5.91 Å². The Bertz CT molecular complexity index is 732. The smallest absolute Gasteiger partial charge is 0.241 e. The van der Waals surface area contributed by atoms with Crippen molar-refractivity contribution in [1.82, 2.24) is 9.80 Å². The number of nitrogens with zero attached hydrogens (tertiary/aromatic N) is 2. The van der Waals surface area contributed by atoms with E-state index in [0.29, 0.717) is 5.75 Å². The third-order valence-corrected chi connectivity index (χ3v) is 7.34. The van der Waals surface area contributed by atoms with Crippen molar-refractivity contribution in [3.63, 3.8) is 0 Å². The fourth-order valence-electron chi connectivity index (χ4n) is 3.53. The normalized spacial score (nSPS) is 25.6. The van der Waals surface area contributed by atoms with Crippen LogP contribution >= 0.6 is 15.9 Å². The Kier molecular flexibility index (Phi) is 5.82. The number of amides is 1. The number of nitrogens with one attached hydrogen (secondary N) is 1. The molecule has 6 nitrogen and oxygen atoms in total. The molecule has 2 fully saturated rings. The lowest BCUT2D eigenvalue weighted by molar-refractivity contribution is -0.121. The van der Waals surface area contributed by atoms with Crippen molar-refractivity contribution < 1.29 is 13.2 Å². The van der Waals surface area contributed by atoms with Crippen LogP contribution in [-0.2, 0) is 14.6 Å². The molecule has 3 rings (SSSR count). The summed E-state index contributed by atoms with van der Waals surface area (Å²) < 4.78 is 24.2. The number of carbonyl (C=O) groups is 1. The number of sulfone groups is 1. The van der Waals surface area contributed by atoms with Gasteiger partial charge < -0.3 is 5.32 Å². The van der Waals surface area contributed by atoms with Crippen molar-refractivity contribution in [2.24, 2.45) is 0 Å². The molecule has 0 aliphatic carbocycles. The van der Waals surface area contributed by atoms with Crippen molar-refractivity contribution in [2.45, 2.75) is 25.4 Å². The van der Waals surface area contributed by atoms with E-state index in [1.54, 1.807) is 0 Å². The number of carbonyl (C=O) groups excluding carboxylic acids is 1. The Morgan fingerprint density at radius 2 is 2.00 bits per heavy atom. The SMILES string of the molecule is CC(C(=O)Nc1cccc(Br)c1)N1CCN(C2CCS(=O)(=O)C2)CC1. The lowest BCUT2D eigenvalue weighted by Gasteiger charge is -2.39. The first-order valence-corrected chi connectivity index (χ1v) is 11.2. The number of rotatable bonds is 4. The molecule has 1 aromatic rings. The zero-order chi connectivity index (χ0) is 18.0. The van der Waals surface area contributed by atoms with Gasteiger partial charge in [-0.15, -0.1) is 0 Å². The average Bonchev–Trinajstić information content (AvgIpc) is 2.94. The first-order chi connectivity index (χ1) is 11.8. The molecule has 0 radical (unpaired) electrons. The van der Waals surface area contributed by atoms with Crippen molar-refractivity contribution in [1.29, 1.82) is 0 Å². The maximum absolute atomic E-state index is 12.5. The van der Waals surface area contributed by atoms with Crippen molar-refractivity contribution in [3.8, 4) is 0 Å². The van der Waals surface area contributed by atoms with Gasteiger partial charge in [0.05, 0.1) is 17.5 Å². The summed E-state index contributed by atoms with van der Waals surface area (Å²) in [5.41, 5.74) is 0.779. The molecule has 1 amide bonds. The van der Waals surface area contributed by atoms with Crippen LogP contribution in [0.4, 0.5) is 5.69 Å². The molecule has 0 spiro atoms. The first kappa shape index (κ1) is 18.8. The van der Waals surface area contributed by atoms with Crippen LogP contribution in [0.1, 0.15) is 13.3 Å². The second kappa shape index (κ2) is 7.73. The molecule has 0 bridgehead atoms.